The molecule has 1 aromatic heterocycles. The molecule has 9 heteroatoms. The van der Waals surface area contributed by atoms with Gasteiger partial charge in [-0.2, -0.15) is 0 Å². The lowest BCUT2D eigenvalue weighted by molar-refractivity contribution is -0.139. The lowest BCUT2D eigenvalue weighted by Gasteiger charge is -2.25. The van der Waals surface area contributed by atoms with Crippen molar-refractivity contribution in [2.24, 2.45) is 4.99 Å². The number of fused-ring (bicyclic) bond motifs is 1. The molecular formula is C26H25BrN2O5S. The highest BCUT2D eigenvalue weighted by molar-refractivity contribution is 9.10. The van der Waals surface area contributed by atoms with Gasteiger partial charge in [0.05, 0.1) is 47.1 Å². The van der Waals surface area contributed by atoms with Gasteiger partial charge in [-0.1, -0.05) is 29.5 Å². The summed E-state index contributed by atoms with van der Waals surface area (Å²) in [5, 5.41) is 0. The Morgan fingerprint density at radius 1 is 1.14 bits per heavy atom. The summed E-state index contributed by atoms with van der Waals surface area (Å²) in [7, 11) is 3.19. The summed E-state index contributed by atoms with van der Waals surface area (Å²) in [4.78, 5) is 31.9. The Balaban J connectivity index is 1.95. The molecule has 0 bridgehead atoms. The molecule has 0 radical (unpaired) electrons. The number of carbonyl (C=O) groups excluding carboxylic acids is 1. The largest absolute Gasteiger partial charge is 0.496 e. The third-order valence-electron chi connectivity index (χ3n) is 5.74. The standard InChI is InChI=1S/C26H25BrN2O5S/c1-6-34-25(31)22-15(3)28-26-29(23(22)17-9-7-14(2)20(13-17)33-5)24(30)21(35-26)12-16-8-10-19(32-4)18(27)11-16/h7-13,23H,6H2,1-5H3/t23-/m0/s1. The molecule has 0 unspecified atom stereocenters. The molecule has 35 heavy (non-hydrogen) atoms. The highest BCUT2D eigenvalue weighted by Crippen LogP contribution is 2.33. The van der Waals surface area contributed by atoms with Gasteiger partial charge in [-0.15, -0.1) is 0 Å². The Hall–Kier alpha value is -3.17. The number of thiazole rings is 1. The number of esters is 1. The SMILES string of the molecule is CCOC(=O)C1=C(C)N=c2sc(=Cc3ccc(OC)c(Br)c3)c(=O)n2[C@H]1c1ccc(C)c(OC)c1. The number of ether oxygens (including phenoxy) is 3. The molecular weight excluding hydrogens is 532 g/mol. The minimum atomic E-state index is -0.690. The van der Waals surface area contributed by atoms with E-state index in [4.69, 9.17) is 14.2 Å². The number of hydrogen-bond donors (Lipinski definition) is 0. The van der Waals surface area contributed by atoms with Crippen molar-refractivity contribution in [3.8, 4) is 11.5 Å². The summed E-state index contributed by atoms with van der Waals surface area (Å²) in [6.07, 6.45) is 1.81. The van der Waals surface area contributed by atoms with Crippen LogP contribution in [0.2, 0.25) is 0 Å². The fourth-order valence-corrected chi connectivity index (χ4v) is 5.64. The van der Waals surface area contributed by atoms with Crippen molar-refractivity contribution in [3.63, 3.8) is 0 Å². The van der Waals surface area contributed by atoms with Gasteiger partial charge in [-0.05, 0) is 77.7 Å². The average Bonchev–Trinajstić information content (AvgIpc) is 3.13. The molecule has 0 saturated carbocycles. The summed E-state index contributed by atoms with van der Waals surface area (Å²) in [6.45, 7) is 5.67. The Morgan fingerprint density at radius 2 is 1.89 bits per heavy atom. The zero-order valence-electron chi connectivity index (χ0n) is 20.0. The van der Waals surface area contributed by atoms with Crippen molar-refractivity contribution in [2.75, 3.05) is 20.8 Å². The van der Waals surface area contributed by atoms with Crippen LogP contribution in [0.4, 0.5) is 0 Å². The number of aromatic nitrogens is 1. The van der Waals surface area contributed by atoms with Gasteiger partial charge < -0.3 is 14.2 Å². The van der Waals surface area contributed by atoms with Crippen LogP contribution >= 0.6 is 27.3 Å². The highest BCUT2D eigenvalue weighted by atomic mass is 79.9. The molecule has 0 N–H and O–H groups in total. The number of rotatable bonds is 6. The molecule has 1 aliphatic heterocycles. The minimum Gasteiger partial charge on any atom is -0.496 e. The number of aryl methyl sites for hydroxylation is 1. The minimum absolute atomic E-state index is 0.219. The topological polar surface area (TPSA) is 79.1 Å². The van der Waals surface area contributed by atoms with E-state index in [0.29, 0.717) is 32.1 Å². The van der Waals surface area contributed by atoms with Crippen LogP contribution in [0.3, 0.4) is 0 Å². The zero-order chi connectivity index (χ0) is 25.3. The molecule has 2 aromatic carbocycles. The first-order valence-corrected chi connectivity index (χ1v) is 12.6. The molecule has 4 rings (SSSR count). The van der Waals surface area contributed by atoms with Crippen molar-refractivity contribution in [1.29, 1.82) is 0 Å². The number of halogens is 1. The molecule has 182 valence electrons. The molecule has 1 aliphatic rings. The first-order chi connectivity index (χ1) is 16.8. The monoisotopic (exact) mass is 556 g/mol. The predicted molar refractivity (Wildman–Crippen MR) is 139 cm³/mol. The van der Waals surface area contributed by atoms with Crippen molar-refractivity contribution in [1.82, 2.24) is 4.57 Å². The third-order valence-corrected chi connectivity index (χ3v) is 7.34. The van der Waals surface area contributed by atoms with Gasteiger partial charge in [-0.25, -0.2) is 9.79 Å². The van der Waals surface area contributed by atoms with Gasteiger partial charge in [0.1, 0.15) is 11.5 Å². The molecule has 0 amide bonds. The number of hydrogen-bond acceptors (Lipinski definition) is 7. The van der Waals surface area contributed by atoms with Crippen molar-refractivity contribution >= 4 is 39.3 Å². The van der Waals surface area contributed by atoms with Gasteiger partial charge in [0.2, 0.25) is 0 Å². The predicted octanol–water partition coefficient (Wildman–Crippen LogP) is 3.89. The Labute approximate surface area is 215 Å². The smallest absolute Gasteiger partial charge is 0.338 e. The maximum absolute atomic E-state index is 13.7. The molecule has 1 atom stereocenters. The number of carbonyl (C=O) groups is 1. The normalized spacial score (nSPS) is 15.5. The lowest BCUT2D eigenvalue weighted by Crippen LogP contribution is -2.40. The van der Waals surface area contributed by atoms with E-state index in [-0.39, 0.29) is 12.2 Å². The summed E-state index contributed by atoms with van der Waals surface area (Å²) >= 11 is 4.77. The van der Waals surface area contributed by atoms with E-state index in [1.807, 2.05) is 49.4 Å². The summed E-state index contributed by atoms with van der Waals surface area (Å²) < 4.78 is 19.0. The Bertz CT molecular complexity index is 1520. The fourth-order valence-electron chi connectivity index (χ4n) is 4.04. The molecule has 7 nitrogen and oxygen atoms in total. The fraction of sp³-hybridized carbons (Fsp3) is 0.269. The zero-order valence-corrected chi connectivity index (χ0v) is 22.5. The van der Waals surface area contributed by atoms with Gasteiger partial charge in [0.25, 0.3) is 5.56 Å². The molecule has 3 aromatic rings. The van der Waals surface area contributed by atoms with Gasteiger partial charge in [0, 0.05) is 0 Å². The first-order valence-electron chi connectivity index (χ1n) is 11.0. The van der Waals surface area contributed by atoms with Crippen molar-refractivity contribution < 1.29 is 19.0 Å². The molecule has 2 heterocycles. The quantitative estimate of drug-likeness (QED) is 0.430. The summed E-state index contributed by atoms with van der Waals surface area (Å²) in [5.41, 5.74) is 3.14. The average molecular weight is 557 g/mol. The van der Waals surface area contributed by atoms with Gasteiger partial charge in [0.15, 0.2) is 4.80 Å². The van der Waals surface area contributed by atoms with Crippen LogP contribution in [0.1, 0.15) is 36.6 Å². The number of nitrogens with zero attached hydrogens (tertiary/aromatic N) is 2. The van der Waals surface area contributed by atoms with Crippen molar-refractivity contribution in [3.05, 3.63) is 88.5 Å². The lowest BCUT2D eigenvalue weighted by atomic mass is 9.95. The van der Waals surface area contributed by atoms with E-state index in [9.17, 15) is 9.59 Å². The highest BCUT2D eigenvalue weighted by Gasteiger charge is 2.33. The first kappa shape index (κ1) is 24.9. The van der Waals surface area contributed by atoms with Crippen LogP contribution in [0.5, 0.6) is 11.5 Å². The van der Waals surface area contributed by atoms with Crippen LogP contribution in [0.25, 0.3) is 6.08 Å². The number of benzene rings is 2. The van der Waals surface area contributed by atoms with E-state index >= 15 is 0 Å². The van der Waals surface area contributed by atoms with E-state index in [2.05, 4.69) is 20.9 Å². The summed E-state index contributed by atoms with van der Waals surface area (Å²) in [5.74, 6) is 0.879. The maximum atomic E-state index is 13.7. The molecule has 0 aliphatic carbocycles. The van der Waals surface area contributed by atoms with Crippen LogP contribution < -0.4 is 24.4 Å². The molecule has 0 saturated heterocycles. The number of allylic oxidation sites excluding steroid dienone is 1. The van der Waals surface area contributed by atoms with E-state index < -0.39 is 12.0 Å². The van der Waals surface area contributed by atoms with Crippen molar-refractivity contribution in [2.45, 2.75) is 26.8 Å². The number of methoxy groups -OCH3 is 2. The van der Waals surface area contributed by atoms with E-state index in [1.165, 1.54) is 11.3 Å². The van der Waals surface area contributed by atoms with E-state index in [0.717, 1.165) is 21.2 Å². The summed E-state index contributed by atoms with van der Waals surface area (Å²) in [6, 6.07) is 10.6. The Kier molecular flexibility index (Phi) is 7.28. The third kappa shape index (κ3) is 4.70. The molecule has 0 spiro atoms. The molecule has 0 fully saturated rings. The van der Waals surface area contributed by atoms with E-state index in [1.54, 1.807) is 32.6 Å². The van der Waals surface area contributed by atoms with Crippen LogP contribution in [-0.2, 0) is 9.53 Å². The maximum Gasteiger partial charge on any atom is 0.338 e. The van der Waals surface area contributed by atoms with Gasteiger partial charge >= 0.3 is 5.97 Å². The van der Waals surface area contributed by atoms with Crippen LogP contribution in [-0.4, -0.2) is 31.4 Å². The van der Waals surface area contributed by atoms with Gasteiger partial charge in [-0.3, -0.25) is 9.36 Å². The second-order valence-corrected chi connectivity index (χ2v) is 9.79. The second kappa shape index (κ2) is 10.2. The Morgan fingerprint density at radius 3 is 2.54 bits per heavy atom. The van der Waals surface area contributed by atoms with Crippen LogP contribution in [0, 0.1) is 6.92 Å². The van der Waals surface area contributed by atoms with Crippen LogP contribution in [0.15, 0.2) is 61.9 Å². The second-order valence-electron chi connectivity index (χ2n) is 7.93.